The summed E-state index contributed by atoms with van der Waals surface area (Å²) in [6.45, 7) is 0.0790. The van der Waals surface area contributed by atoms with Crippen molar-refractivity contribution < 1.29 is 27.1 Å². The summed E-state index contributed by atoms with van der Waals surface area (Å²) in [7, 11) is -4.05. The highest BCUT2D eigenvalue weighted by molar-refractivity contribution is 7.89. The second kappa shape index (κ2) is 10.9. The summed E-state index contributed by atoms with van der Waals surface area (Å²) in [6, 6.07) is 10.4. The molecule has 3 rings (SSSR count). The third-order valence-corrected chi connectivity index (χ3v) is 6.50. The van der Waals surface area contributed by atoms with Crippen LogP contribution in [-0.4, -0.2) is 52.6 Å². The van der Waals surface area contributed by atoms with E-state index in [0.717, 1.165) is 42.0 Å². The molecule has 2 aromatic carbocycles. The zero-order valence-corrected chi connectivity index (χ0v) is 18.7. The maximum Gasteiger partial charge on any atom is 0.242 e. The first-order chi connectivity index (χ1) is 15.2. The largest absolute Gasteiger partial charge is 0.376 e. The van der Waals surface area contributed by atoms with Gasteiger partial charge in [0.05, 0.1) is 17.5 Å². The monoisotopic (exact) mass is 483 g/mol. The lowest BCUT2D eigenvalue weighted by molar-refractivity contribution is -0.123. The Kier molecular flexibility index (Phi) is 8.19. The van der Waals surface area contributed by atoms with Crippen LogP contribution in [0.5, 0.6) is 0 Å². The summed E-state index contributed by atoms with van der Waals surface area (Å²) < 4.78 is 45.5. The van der Waals surface area contributed by atoms with Crippen molar-refractivity contribution in [3.8, 4) is 0 Å². The number of hydrogen-bond acceptors (Lipinski definition) is 5. The molecule has 1 aliphatic rings. The van der Waals surface area contributed by atoms with E-state index in [1.54, 1.807) is 24.3 Å². The summed E-state index contributed by atoms with van der Waals surface area (Å²) in [5.74, 6) is -1.64. The summed E-state index contributed by atoms with van der Waals surface area (Å²) in [6.07, 6.45) is 1.73. The first-order valence-corrected chi connectivity index (χ1v) is 11.8. The smallest absolute Gasteiger partial charge is 0.242 e. The number of amides is 2. The fourth-order valence-corrected chi connectivity index (χ4v) is 4.23. The quantitative estimate of drug-likeness (QED) is 0.568. The molecule has 0 aromatic heterocycles. The number of hydrogen-bond donors (Lipinski definition) is 2. The van der Waals surface area contributed by atoms with Gasteiger partial charge in [0.15, 0.2) is 0 Å². The molecule has 1 atom stereocenters. The first-order valence-electron chi connectivity index (χ1n) is 9.94. The highest BCUT2D eigenvalue weighted by Gasteiger charge is 2.23. The highest BCUT2D eigenvalue weighted by atomic mass is 35.5. The van der Waals surface area contributed by atoms with E-state index in [1.165, 1.54) is 0 Å². The van der Waals surface area contributed by atoms with Gasteiger partial charge in [-0.25, -0.2) is 17.5 Å². The number of ether oxygens (including phenoxy) is 1. The van der Waals surface area contributed by atoms with Crippen molar-refractivity contribution in [2.75, 3.05) is 31.1 Å². The van der Waals surface area contributed by atoms with Crippen LogP contribution in [-0.2, 0) is 24.3 Å². The van der Waals surface area contributed by atoms with Gasteiger partial charge in [0.1, 0.15) is 12.4 Å². The summed E-state index contributed by atoms with van der Waals surface area (Å²) in [4.78, 5) is 26.3. The van der Waals surface area contributed by atoms with E-state index in [9.17, 15) is 22.4 Å². The molecule has 1 fully saturated rings. The molecule has 0 spiro atoms. The Morgan fingerprint density at radius 3 is 2.44 bits per heavy atom. The van der Waals surface area contributed by atoms with E-state index >= 15 is 0 Å². The molecule has 0 bridgehead atoms. The number of halogens is 2. The summed E-state index contributed by atoms with van der Waals surface area (Å²) in [5, 5.41) is 3.18. The second-order valence-corrected chi connectivity index (χ2v) is 9.38. The molecule has 0 aliphatic carbocycles. The molecular weight excluding hydrogens is 461 g/mol. The fourth-order valence-electron chi connectivity index (χ4n) is 3.13. The number of carbonyl (C=O) groups excluding carboxylic acids is 2. The minimum atomic E-state index is -4.05. The number of sulfonamides is 1. The Morgan fingerprint density at radius 1 is 1.12 bits per heavy atom. The van der Waals surface area contributed by atoms with E-state index < -0.39 is 34.2 Å². The predicted octanol–water partition coefficient (Wildman–Crippen LogP) is 2.09. The Hall–Kier alpha value is -2.53. The zero-order chi connectivity index (χ0) is 23.1. The van der Waals surface area contributed by atoms with Crippen molar-refractivity contribution in [3.05, 3.63) is 59.4 Å². The van der Waals surface area contributed by atoms with Crippen molar-refractivity contribution in [2.45, 2.75) is 23.8 Å². The SMILES string of the molecule is O=C(CN(C(=O)CNS(=O)(=O)c1ccc(F)cc1)c1ccc(Cl)cc1)NCC1CCCO1. The van der Waals surface area contributed by atoms with E-state index in [0.29, 0.717) is 23.9 Å². The van der Waals surface area contributed by atoms with E-state index in [-0.39, 0.29) is 17.5 Å². The molecule has 11 heteroatoms. The van der Waals surface area contributed by atoms with Crippen LogP contribution < -0.4 is 14.9 Å². The maximum atomic E-state index is 13.1. The van der Waals surface area contributed by atoms with Crippen LogP contribution in [0.2, 0.25) is 5.02 Å². The molecule has 1 aliphatic heterocycles. The minimum Gasteiger partial charge on any atom is -0.376 e. The average molecular weight is 484 g/mol. The molecule has 2 N–H and O–H groups in total. The Balaban J connectivity index is 1.67. The van der Waals surface area contributed by atoms with Crippen molar-refractivity contribution in [1.82, 2.24) is 10.0 Å². The molecule has 1 heterocycles. The zero-order valence-electron chi connectivity index (χ0n) is 17.1. The molecule has 2 aromatic rings. The van der Waals surface area contributed by atoms with Crippen molar-refractivity contribution in [3.63, 3.8) is 0 Å². The van der Waals surface area contributed by atoms with Gasteiger partial charge in [0, 0.05) is 23.9 Å². The lowest BCUT2D eigenvalue weighted by Gasteiger charge is -2.23. The lowest BCUT2D eigenvalue weighted by Crippen LogP contribution is -2.46. The van der Waals surface area contributed by atoms with Gasteiger partial charge < -0.3 is 15.0 Å². The van der Waals surface area contributed by atoms with E-state index in [1.807, 2.05) is 0 Å². The molecule has 1 saturated heterocycles. The van der Waals surface area contributed by atoms with Gasteiger partial charge >= 0.3 is 0 Å². The molecule has 32 heavy (non-hydrogen) atoms. The van der Waals surface area contributed by atoms with Crippen LogP contribution in [0.3, 0.4) is 0 Å². The van der Waals surface area contributed by atoms with Gasteiger partial charge in [0.2, 0.25) is 21.8 Å². The highest BCUT2D eigenvalue weighted by Crippen LogP contribution is 2.18. The van der Waals surface area contributed by atoms with E-state index in [4.69, 9.17) is 16.3 Å². The Labute approximate surface area is 190 Å². The van der Waals surface area contributed by atoms with E-state index in [2.05, 4.69) is 10.0 Å². The number of carbonyl (C=O) groups is 2. The Bertz CT molecular complexity index is 1040. The number of anilines is 1. The van der Waals surface area contributed by atoms with Gasteiger partial charge in [0.25, 0.3) is 0 Å². The van der Waals surface area contributed by atoms with Crippen LogP contribution in [0.15, 0.2) is 53.4 Å². The van der Waals surface area contributed by atoms with Crippen LogP contribution in [0.25, 0.3) is 0 Å². The molecular formula is C21H23ClFN3O5S. The molecule has 8 nitrogen and oxygen atoms in total. The summed E-state index contributed by atoms with van der Waals surface area (Å²) >= 11 is 5.91. The third kappa shape index (κ3) is 6.73. The van der Waals surface area contributed by atoms with Crippen molar-refractivity contribution in [1.29, 1.82) is 0 Å². The number of nitrogens with one attached hydrogen (secondary N) is 2. The molecule has 1 unspecified atom stereocenters. The van der Waals surface area contributed by atoms with Crippen LogP contribution in [0, 0.1) is 5.82 Å². The van der Waals surface area contributed by atoms with Gasteiger partial charge in [-0.2, -0.15) is 0 Å². The van der Waals surface area contributed by atoms with Gasteiger partial charge in [-0.15, -0.1) is 0 Å². The van der Waals surface area contributed by atoms with Crippen molar-refractivity contribution in [2.24, 2.45) is 0 Å². The van der Waals surface area contributed by atoms with Crippen molar-refractivity contribution >= 4 is 39.1 Å². The number of nitrogens with zero attached hydrogens (tertiary/aromatic N) is 1. The molecule has 0 saturated carbocycles. The molecule has 172 valence electrons. The first kappa shape index (κ1) is 24.1. The minimum absolute atomic E-state index is 0.0545. The normalized spacial score (nSPS) is 16.0. The standard InChI is InChI=1S/C21H23ClFN3O5S/c22-15-3-7-17(8-4-15)26(14-20(27)24-12-18-2-1-11-31-18)21(28)13-25-32(29,30)19-9-5-16(23)6-10-19/h3-10,18,25H,1-2,11-14H2,(H,24,27). The fraction of sp³-hybridized carbons (Fsp3) is 0.333. The van der Waals surface area contributed by atoms with Crippen LogP contribution in [0.4, 0.5) is 10.1 Å². The molecule has 0 radical (unpaired) electrons. The topological polar surface area (TPSA) is 105 Å². The predicted molar refractivity (Wildman–Crippen MR) is 117 cm³/mol. The van der Waals surface area contributed by atoms with Crippen LogP contribution in [0.1, 0.15) is 12.8 Å². The lowest BCUT2D eigenvalue weighted by atomic mass is 10.2. The second-order valence-electron chi connectivity index (χ2n) is 7.17. The maximum absolute atomic E-state index is 13.1. The van der Waals surface area contributed by atoms with Gasteiger partial charge in [-0.3, -0.25) is 9.59 Å². The number of benzene rings is 2. The Morgan fingerprint density at radius 2 is 1.81 bits per heavy atom. The van der Waals surface area contributed by atoms with Crippen LogP contribution >= 0.6 is 11.6 Å². The number of rotatable bonds is 9. The molecule has 2 amide bonds. The third-order valence-electron chi connectivity index (χ3n) is 4.83. The summed E-state index contributed by atoms with van der Waals surface area (Å²) in [5.41, 5.74) is 0.382. The average Bonchev–Trinajstić information content (AvgIpc) is 3.29. The van der Waals surface area contributed by atoms with Gasteiger partial charge in [-0.05, 0) is 61.4 Å². The van der Waals surface area contributed by atoms with Gasteiger partial charge in [-0.1, -0.05) is 11.6 Å².